The van der Waals surface area contributed by atoms with Gasteiger partial charge in [0.15, 0.2) is 11.0 Å². The molecule has 0 unspecified atom stereocenters. The van der Waals surface area contributed by atoms with Crippen LogP contribution in [0.4, 0.5) is 0 Å². The Labute approximate surface area is 176 Å². The van der Waals surface area contributed by atoms with E-state index in [1.165, 1.54) is 11.8 Å². The summed E-state index contributed by atoms with van der Waals surface area (Å²) in [5.74, 6) is 1.12. The molecule has 0 aliphatic heterocycles. The van der Waals surface area contributed by atoms with Crippen molar-refractivity contribution < 1.29 is 4.79 Å². The van der Waals surface area contributed by atoms with Crippen molar-refractivity contribution in [3.63, 3.8) is 0 Å². The molecule has 0 aliphatic rings. The number of hydrogen-bond acceptors (Lipinski definition) is 6. The van der Waals surface area contributed by atoms with Crippen LogP contribution in [-0.4, -0.2) is 36.6 Å². The van der Waals surface area contributed by atoms with Crippen LogP contribution in [0.5, 0.6) is 0 Å². The Balaban J connectivity index is 1.30. The first kappa shape index (κ1) is 19.4. The fraction of sp³-hybridized carbons (Fsp3) is 0.200. The number of amides is 1. The standard InChI is InChI=1S/C20H20N6OS2/c1-2-26-19(17-4-3-11-28-17)24-25-20(26)29-13-18(27)21-12-14-5-7-15(8-6-14)16-9-10-22-23-16/h3-11H,2,12-13H2,1H3,(H,21,27)(H,22,23). The molecule has 1 amide bonds. The van der Waals surface area contributed by atoms with Crippen LogP contribution in [0.2, 0.25) is 0 Å². The predicted octanol–water partition coefficient (Wildman–Crippen LogP) is 3.83. The molecule has 0 bridgehead atoms. The first-order valence-corrected chi connectivity index (χ1v) is 11.1. The molecule has 3 aromatic heterocycles. The third kappa shape index (κ3) is 4.57. The van der Waals surface area contributed by atoms with Crippen LogP contribution in [0.25, 0.3) is 22.0 Å². The molecule has 3 heterocycles. The number of thiophene rings is 1. The first-order valence-electron chi connectivity index (χ1n) is 9.20. The second kappa shape index (κ2) is 9.06. The maximum absolute atomic E-state index is 12.3. The summed E-state index contributed by atoms with van der Waals surface area (Å²) in [4.78, 5) is 13.4. The molecular formula is C20H20N6OS2. The van der Waals surface area contributed by atoms with E-state index in [0.717, 1.165) is 39.2 Å². The second-order valence-electron chi connectivity index (χ2n) is 6.26. The number of carbonyl (C=O) groups excluding carboxylic acids is 1. The molecule has 2 N–H and O–H groups in total. The van der Waals surface area contributed by atoms with Gasteiger partial charge in [-0.15, -0.1) is 21.5 Å². The minimum absolute atomic E-state index is 0.0315. The highest BCUT2D eigenvalue weighted by molar-refractivity contribution is 7.99. The van der Waals surface area contributed by atoms with Gasteiger partial charge in [-0.25, -0.2) is 0 Å². The van der Waals surface area contributed by atoms with Gasteiger partial charge in [0.1, 0.15) is 0 Å². The molecule has 9 heteroatoms. The number of rotatable bonds is 8. The van der Waals surface area contributed by atoms with E-state index >= 15 is 0 Å². The molecule has 148 valence electrons. The molecule has 0 saturated heterocycles. The smallest absolute Gasteiger partial charge is 0.230 e. The second-order valence-corrected chi connectivity index (χ2v) is 8.15. The number of aromatic amines is 1. The minimum Gasteiger partial charge on any atom is -0.351 e. The van der Waals surface area contributed by atoms with Gasteiger partial charge >= 0.3 is 0 Å². The third-order valence-electron chi connectivity index (χ3n) is 4.36. The van der Waals surface area contributed by atoms with Crippen LogP contribution in [0.15, 0.2) is 59.2 Å². The van der Waals surface area contributed by atoms with Gasteiger partial charge in [0, 0.05) is 19.3 Å². The fourth-order valence-electron chi connectivity index (χ4n) is 2.87. The van der Waals surface area contributed by atoms with Gasteiger partial charge in [0.05, 0.1) is 16.3 Å². The van der Waals surface area contributed by atoms with Gasteiger partial charge in [-0.05, 0) is 35.6 Å². The van der Waals surface area contributed by atoms with E-state index in [-0.39, 0.29) is 5.91 Å². The van der Waals surface area contributed by atoms with Crippen LogP contribution in [0.1, 0.15) is 12.5 Å². The monoisotopic (exact) mass is 424 g/mol. The van der Waals surface area contributed by atoms with E-state index in [1.54, 1.807) is 17.5 Å². The Bertz CT molecular complexity index is 1060. The summed E-state index contributed by atoms with van der Waals surface area (Å²) in [7, 11) is 0. The Kier molecular flexibility index (Phi) is 6.06. The summed E-state index contributed by atoms with van der Waals surface area (Å²) in [6, 6.07) is 14.0. The van der Waals surface area contributed by atoms with E-state index in [9.17, 15) is 4.79 Å². The van der Waals surface area contributed by atoms with Crippen molar-refractivity contribution in [3.8, 4) is 22.0 Å². The Hall–Kier alpha value is -2.91. The average molecular weight is 425 g/mol. The minimum atomic E-state index is -0.0315. The number of benzene rings is 1. The van der Waals surface area contributed by atoms with Gasteiger partial charge in [-0.3, -0.25) is 9.89 Å². The molecule has 0 fully saturated rings. The molecule has 0 radical (unpaired) electrons. The van der Waals surface area contributed by atoms with E-state index in [2.05, 4.69) is 32.6 Å². The van der Waals surface area contributed by atoms with E-state index in [0.29, 0.717) is 12.3 Å². The number of nitrogens with zero attached hydrogens (tertiary/aromatic N) is 4. The molecular weight excluding hydrogens is 404 g/mol. The van der Waals surface area contributed by atoms with E-state index < -0.39 is 0 Å². The van der Waals surface area contributed by atoms with Crippen LogP contribution < -0.4 is 5.32 Å². The number of carbonyl (C=O) groups is 1. The zero-order valence-electron chi connectivity index (χ0n) is 15.8. The largest absolute Gasteiger partial charge is 0.351 e. The number of hydrogen-bond donors (Lipinski definition) is 2. The molecule has 7 nitrogen and oxygen atoms in total. The van der Waals surface area contributed by atoms with E-state index in [4.69, 9.17) is 0 Å². The lowest BCUT2D eigenvalue weighted by Crippen LogP contribution is -2.24. The van der Waals surface area contributed by atoms with Gasteiger partial charge in [0.25, 0.3) is 0 Å². The molecule has 4 rings (SSSR count). The molecule has 0 spiro atoms. The highest BCUT2D eigenvalue weighted by Gasteiger charge is 2.15. The quantitative estimate of drug-likeness (QED) is 0.420. The maximum Gasteiger partial charge on any atom is 0.230 e. The molecule has 0 saturated carbocycles. The van der Waals surface area contributed by atoms with Crippen molar-refractivity contribution in [2.24, 2.45) is 0 Å². The van der Waals surface area contributed by atoms with Crippen LogP contribution in [0.3, 0.4) is 0 Å². The molecule has 0 aliphatic carbocycles. The number of nitrogens with one attached hydrogen (secondary N) is 2. The third-order valence-corrected chi connectivity index (χ3v) is 6.19. The average Bonchev–Trinajstić information content (AvgIpc) is 3.52. The molecule has 4 aromatic rings. The lowest BCUT2D eigenvalue weighted by atomic mass is 10.1. The molecule has 29 heavy (non-hydrogen) atoms. The van der Waals surface area contributed by atoms with Crippen molar-refractivity contribution >= 4 is 29.0 Å². The summed E-state index contributed by atoms with van der Waals surface area (Å²) in [5.41, 5.74) is 3.08. The Morgan fingerprint density at radius 1 is 1.21 bits per heavy atom. The zero-order chi connectivity index (χ0) is 20.1. The maximum atomic E-state index is 12.3. The van der Waals surface area contributed by atoms with Crippen molar-refractivity contribution in [3.05, 3.63) is 59.6 Å². The summed E-state index contributed by atoms with van der Waals surface area (Å²) in [6.45, 7) is 3.30. The number of H-pyrrole nitrogens is 1. The van der Waals surface area contributed by atoms with Gasteiger partial charge in [-0.1, -0.05) is 42.1 Å². The zero-order valence-corrected chi connectivity index (χ0v) is 17.5. The van der Waals surface area contributed by atoms with Gasteiger partial charge < -0.3 is 9.88 Å². The number of aromatic nitrogens is 5. The first-order chi connectivity index (χ1) is 14.2. The van der Waals surface area contributed by atoms with Crippen molar-refractivity contribution in [1.29, 1.82) is 0 Å². The van der Waals surface area contributed by atoms with Crippen LogP contribution in [-0.2, 0) is 17.9 Å². The molecule has 0 atom stereocenters. The summed E-state index contributed by atoms with van der Waals surface area (Å²) in [5, 5.41) is 21.2. The lowest BCUT2D eigenvalue weighted by molar-refractivity contribution is -0.118. The van der Waals surface area contributed by atoms with Crippen LogP contribution >= 0.6 is 23.1 Å². The summed E-state index contributed by atoms with van der Waals surface area (Å²) in [6.07, 6.45) is 1.73. The van der Waals surface area contributed by atoms with Crippen molar-refractivity contribution in [1.82, 2.24) is 30.3 Å². The van der Waals surface area contributed by atoms with Crippen molar-refractivity contribution in [2.45, 2.75) is 25.2 Å². The Morgan fingerprint density at radius 2 is 2.07 bits per heavy atom. The van der Waals surface area contributed by atoms with Crippen molar-refractivity contribution in [2.75, 3.05) is 5.75 Å². The SMILES string of the molecule is CCn1c(SCC(=O)NCc2ccc(-c3ccn[nH]3)cc2)nnc1-c1cccs1. The summed E-state index contributed by atoms with van der Waals surface area (Å²) >= 11 is 3.04. The topological polar surface area (TPSA) is 88.5 Å². The van der Waals surface area contributed by atoms with E-state index in [1.807, 2.05) is 52.4 Å². The highest BCUT2D eigenvalue weighted by atomic mass is 32.2. The fourth-order valence-corrected chi connectivity index (χ4v) is 4.42. The van der Waals surface area contributed by atoms with Crippen LogP contribution in [0, 0.1) is 0 Å². The number of thioether (sulfide) groups is 1. The lowest BCUT2D eigenvalue weighted by Gasteiger charge is -2.07. The van der Waals surface area contributed by atoms with Gasteiger partial charge in [-0.2, -0.15) is 5.10 Å². The Morgan fingerprint density at radius 3 is 2.76 bits per heavy atom. The normalized spacial score (nSPS) is 10.9. The van der Waals surface area contributed by atoms with Gasteiger partial charge in [0.2, 0.25) is 5.91 Å². The predicted molar refractivity (Wildman–Crippen MR) is 116 cm³/mol. The summed E-state index contributed by atoms with van der Waals surface area (Å²) < 4.78 is 2.04. The highest BCUT2D eigenvalue weighted by Crippen LogP contribution is 2.27. The molecule has 1 aromatic carbocycles.